The van der Waals surface area contributed by atoms with Crippen molar-refractivity contribution in [3.63, 3.8) is 0 Å². The zero-order valence-corrected chi connectivity index (χ0v) is 15.0. The van der Waals surface area contributed by atoms with Crippen LogP contribution in [0.1, 0.15) is 46.5 Å². The summed E-state index contributed by atoms with van der Waals surface area (Å²) in [5.41, 5.74) is 0. The molecular weight excluding hydrogens is 302 g/mol. The highest BCUT2D eigenvalue weighted by Gasteiger charge is 2.22. The molecule has 22 heavy (non-hydrogen) atoms. The minimum absolute atomic E-state index is 0. The predicted octanol–water partition coefficient (Wildman–Crippen LogP) is 1.81. The van der Waals surface area contributed by atoms with Crippen molar-refractivity contribution in [2.75, 3.05) is 32.7 Å². The van der Waals surface area contributed by atoms with Crippen molar-refractivity contribution in [1.82, 2.24) is 15.5 Å². The summed E-state index contributed by atoms with van der Waals surface area (Å²) < 4.78 is 0. The quantitative estimate of drug-likeness (QED) is 0.712. The standard InChI is InChI=1S/C16H31N3O2.ClH/c1-4-17-12-14-6-9-19(10-7-14)16(21)5-8-18-15(20)11-13(2)3;/h13-14,17H,4-12H2,1-3H3,(H,18,20);1H. The fourth-order valence-corrected chi connectivity index (χ4v) is 2.64. The molecule has 1 aliphatic heterocycles. The first-order valence-electron chi connectivity index (χ1n) is 8.28. The van der Waals surface area contributed by atoms with Crippen LogP contribution in [0.2, 0.25) is 0 Å². The Morgan fingerprint density at radius 3 is 2.41 bits per heavy atom. The molecular formula is C16H32ClN3O2. The van der Waals surface area contributed by atoms with Crippen LogP contribution >= 0.6 is 12.4 Å². The molecule has 0 aliphatic carbocycles. The van der Waals surface area contributed by atoms with Crippen LogP contribution < -0.4 is 10.6 Å². The van der Waals surface area contributed by atoms with Crippen LogP contribution in [0.25, 0.3) is 0 Å². The van der Waals surface area contributed by atoms with Gasteiger partial charge in [-0.25, -0.2) is 0 Å². The molecule has 2 amide bonds. The average molecular weight is 334 g/mol. The van der Waals surface area contributed by atoms with Crippen molar-refractivity contribution in [3.8, 4) is 0 Å². The van der Waals surface area contributed by atoms with Gasteiger partial charge in [-0.1, -0.05) is 20.8 Å². The van der Waals surface area contributed by atoms with Crippen LogP contribution in [-0.2, 0) is 9.59 Å². The van der Waals surface area contributed by atoms with Gasteiger partial charge < -0.3 is 15.5 Å². The van der Waals surface area contributed by atoms with E-state index in [4.69, 9.17) is 0 Å². The van der Waals surface area contributed by atoms with Crippen molar-refractivity contribution in [2.24, 2.45) is 11.8 Å². The van der Waals surface area contributed by atoms with E-state index in [2.05, 4.69) is 17.6 Å². The molecule has 0 bridgehead atoms. The van der Waals surface area contributed by atoms with Gasteiger partial charge in [0.1, 0.15) is 0 Å². The molecule has 0 aromatic heterocycles. The smallest absolute Gasteiger partial charge is 0.224 e. The highest BCUT2D eigenvalue weighted by molar-refractivity contribution is 5.85. The van der Waals surface area contributed by atoms with Crippen LogP contribution in [-0.4, -0.2) is 49.4 Å². The first-order valence-corrected chi connectivity index (χ1v) is 8.28. The van der Waals surface area contributed by atoms with Crippen molar-refractivity contribution in [2.45, 2.75) is 46.5 Å². The second-order valence-electron chi connectivity index (χ2n) is 6.33. The fourth-order valence-electron chi connectivity index (χ4n) is 2.64. The van der Waals surface area contributed by atoms with E-state index >= 15 is 0 Å². The average Bonchev–Trinajstić information content (AvgIpc) is 2.44. The third kappa shape index (κ3) is 8.59. The zero-order chi connectivity index (χ0) is 15.7. The van der Waals surface area contributed by atoms with Gasteiger partial charge in [0.25, 0.3) is 0 Å². The molecule has 1 rings (SSSR count). The van der Waals surface area contributed by atoms with Gasteiger partial charge in [0.05, 0.1) is 0 Å². The fraction of sp³-hybridized carbons (Fsp3) is 0.875. The van der Waals surface area contributed by atoms with Gasteiger partial charge in [0, 0.05) is 32.5 Å². The van der Waals surface area contributed by atoms with Crippen LogP contribution in [0, 0.1) is 11.8 Å². The van der Waals surface area contributed by atoms with Crippen LogP contribution in [0.15, 0.2) is 0 Å². The Balaban J connectivity index is 0.00000441. The number of hydrogen-bond acceptors (Lipinski definition) is 3. The summed E-state index contributed by atoms with van der Waals surface area (Å²) in [6.07, 6.45) is 3.11. The summed E-state index contributed by atoms with van der Waals surface area (Å²) in [5.74, 6) is 1.26. The molecule has 130 valence electrons. The minimum atomic E-state index is 0. The monoisotopic (exact) mass is 333 g/mol. The Morgan fingerprint density at radius 1 is 1.23 bits per heavy atom. The molecule has 0 spiro atoms. The van der Waals surface area contributed by atoms with Gasteiger partial charge in [-0.2, -0.15) is 0 Å². The molecule has 0 aromatic carbocycles. The third-order valence-corrected chi connectivity index (χ3v) is 3.90. The van der Waals surface area contributed by atoms with E-state index in [9.17, 15) is 9.59 Å². The Bertz CT molecular complexity index is 329. The number of likely N-dealkylation sites (tertiary alicyclic amines) is 1. The van der Waals surface area contributed by atoms with Gasteiger partial charge in [-0.3, -0.25) is 9.59 Å². The number of carbonyl (C=O) groups is 2. The first-order chi connectivity index (χ1) is 10.0. The molecule has 0 radical (unpaired) electrons. The highest BCUT2D eigenvalue weighted by atomic mass is 35.5. The van der Waals surface area contributed by atoms with E-state index in [1.807, 2.05) is 18.7 Å². The van der Waals surface area contributed by atoms with Crippen molar-refractivity contribution >= 4 is 24.2 Å². The molecule has 1 aliphatic rings. The first kappa shape index (κ1) is 21.2. The molecule has 0 atom stereocenters. The molecule has 5 nitrogen and oxygen atoms in total. The summed E-state index contributed by atoms with van der Waals surface area (Å²) in [4.78, 5) is 25.5. The van der Waals surface area contributed by atoms with Gasteiger partial charge in [-0.15, -0.1) is 12.4 Å². The van der Waals surface area contributed by atoms with Gasteiger partial charge >= 0.3 is 0 Å². The number of rotatable bonds is 8. The largest absolute Gasteiger partial charge is 0.356 e. The SMILES string of the molecule is CCNCC1CCN(C(=O)CCNC(=O)CC(C)C)CC1.Cl. The van der Waals surface area contributed by atoms with E-state index < -0.39 is 0 Å². The molecule has 6 heteroatoms. The topological polar surface area (TPSA) is 61.4 Å². The minimum Gasteiger partial charge on any atom is -0.356 e. The normalized spacial score (nSPS) is 15.5. The van der Waals surface area contributed by atoms with Gasteiger partial charge in [0.2, 0.25) is 11.8 Å². The number of nitrogens with one attached hydrogen (secondary N) is 2. The number of nitrogens with zero attached hydrogens (tertiary/aromatic N) is 1. The Kier molecular flexibility index (Phi) is 11.3. The second kappa shape index (κ2) is 11.7. The number of piperidine rings is 1. The molecule has 0 saturated carbocycles. The number of hydrogen-bond donors (Lipinski definition) is 2. The van der Waals surface area contributed by atoms with E-state index in [1.165, 1.54) is 0 Å². The predicted molar refractivity (Wildman–Crippen MR) is 92.2 cm³/mol. The maximum atomic E-state index is 12.1. The molecule has 1 saturated heterocycles. The number of carbonyl (C=O) groups excluding carboxylic acids is 2. The van der Waals surface area contributed by atoms with Crippen molar-refractivity contribution in [3.05, 3.63) is 0 Å². The Labute approximate surface area is 141 Å². The lowest BCUT2D eigenvalue weighted by Gasteiger charge is -2.32. The van der Waals surface area contributed by atoms with E-state index in [-0.39, 0.29) is 24.2 Å². The summed E-state index contributed by atoms with van der Waals surface area (Å²) >= 11 is 0. The zero-order valence-electron chi connectivity index (χ0n) is 14.2. The summed E-state index contributed by atoms with van der Waals surface area (Å²) in [5, 5.41) is 6.20. The van der Waals surface area contributed by atoms with Gasteiger partial charge in [0.15, 0.2) is 0 Å². The van der Waals surface area contributed by atoms with E-state index in [0.29, 0.717) is 31.2 Å². The number of halogens is 1. The lowest BCUT2D eigenvalue weighted by Crippen LogP contribution is -2.41. The van der Waals surface area contributed by atoms with Crippen LogP contribution in [0.3, 0.4) is 0 Å². The van der Waals surface area contributed by atoms with Crippen molar-refractivity contribution in [1.29, 1.82) is 0 Å². The summed E-state index contributed by atoms with van der Waals surface area (Å²) in [6, 6.07) is 0. The molecule has 1 heterocycles. The summed E-state index contributed by atoms with van der Waals surface area (Å²) in [7, 11) is 0. The Hall–Kier alpha value is -0.810. The lowest BCUT2D eigenvalue weighted by atomic mass is 9.96. The van der Waals surface area contributed by atoms with Gasteiger partial charge in [-0.05, 0) is 37.8 Å². The Morgan fingerprint density at radius 2 is 1.86 bits per heavy atom. The molecule has 0 unspecified atom stereocenters. The van der Waals surface area contributed by atoms with E-state index in [0.717, 1.165) is 39.0 Å². The second-order valence-corrected chi connectivity index (χ2v) is 6.33. The molecule has 2 N–H and O–H groups in total. The summed E-state index contributed by atoms with van der Waals surface area (Å²) in [6.45, 7) is 10.4. The van der Waals surface area contributed by atoms with Crippen LogP contribution in [0.4, 0.5) is 0 Å². The maximum Gasteiger partial charge on any atom is 0.224 e. The highest BCUT2D eigenvalue weighted by Crippen LogP contribution is 2.16. The van der Waals surface area contributed by atoms with E-state index in [1.54, 1.807) is 0 Å². The maximum absolute atomic E-state index is 12.1. The van der Waals surface area contributed by atoms with Crippen LogP contribution in [0.5, 0.6) is 0 Å². The third-order valence-electron chi connectivity index (χ3n) is 3.90. The van der Waals surface area contributed by atoms with Crippen molar-refractivity contribution < 1.29 is 9.59 Å². The lowest BCUT2D eigenvalue weighted by molar-refractivity contribution is -0.132. The molecule has 1 fully saturated rings. The molecule has 0 aromatic rings. The number of amides is 2.